The Balaban J connectivity index is 1.41. The second kappa shape index (κ2) is 6.16. The zero-order valence-electron chi connectivity index (χ0n) is 18.1. The molecule has 0 aliphatic heterocycles. The molecule has 0 radical (unpaired) electrons. The van der Waals surface area contributed by atoms with Gasteiger partial charge in [-0.05, 0) is 106 Å². The Morgan fingerprint density at radius 3 is 1.86 bits per heavy atom. The Morgan fingerprint density at radius 1 is 0.862 bits per heavy atom. The van der Waals surface area contributed by atoms with E-state index < -0.39 is 29.1 Å². The lowest BCUT2D eigenvalue weighted by atomic mass is 9.49. The number of carbonyl (C=O) groups excluding carboxylic acids is 1. The minimum Gasteiger partial charge on any atom is -0.459 e. The fourth-order valence-electron chi connectivity index (χ4n) is 9.17. The molecule has 6 aliphatic carbocycles. The van der Waals surface area contributed by atoms with E-state index in [1.807, 2.05) is 27.7 Å². The van der Waals surface area contributed by atoms with E-state index in [2.05, 4.69) is 0 Å². The van der Waals surface area contributed by atoms with Crippen LogP contribution in [0, 0.1) is 58.7 Å². The van der Waals surface area contributed by atoms with Gasteiger partial charge in [-0.3, -0.25) is 4.79 Å². The van der Waals surface area contributed by atoms with Gasteiger partial charge in [0.1, 0.15) is 5.60 Å². The zero-order valence-corrected chi connectivity index (χ0v) is 18.1. The molecule has 0 N–H and O–H groups in total. The van der Waals surface area contributed by atoms with Crippen molar-refractivity contribution in [1.29, 1.82) is 0 Å². The second-order valence-corrected chi connectivity index (χ2v) is 11.9. The van der Waals surface area contributed by atoms with Crippen LogP contribution in [0.2, 0.25) is 0 Å². The predicted octanol–water partition coefficient (Wildman–Crippen LogP) is 6.24. The molecule has 0 aromatic heterocycles. The summed E-state index contributed by atoms with van der Waals surface area (Å²) >= 11 is 0. The molecular weight excluding hydrogens is 377 g/mol. The molecule has 29 heavy (non-hydrogen) atoms. The molecule has 0 saturated heterocycles. The smallest absolute Gasteiger partial charge is 0.405 e. The molecule has 164 valence electrons. The monoisotopic (exact) mass is 412 g/mol. The highest BCUT2D eigenvalue weighted by atomic mass is 19.4. The zero-order chi connectivity index (χ0) is 20.9. The minimum atomic E-state index is -4.54. The van der Waals surface area contributed by atoms with Gasteiger partial charge in [-0.15, -0.1) is 0 Å². The molecule has 0 spiro atoms. The summed E-state index contributed by atoms with van der Waals surface area (Å²) in [6, 6.07) is 0. The molecule has 6 aliphatic rings. The van der Waals surface area contributed by atoms with Crippen LogP contribution in [0.5, 0.6) is 0 Å². The molecule has 0 aromatic carbocycles. The van der Waals surface area contributed by atoms with Crippen LogP contribution in [0.1, 0.15) is 72.6 Å². The topological polar surface area (TPSA) is 26.3 Å². The highest BCUT2D eigenvalue weighted by Crippen LogP contribution is 2.67. The molecule has 6 fully saturated rings. The summed E-state index contributed by atoms with van der Waals surface area (Å²) in [6.07, 6.45) is 1.89. The first kappa shape index (κ1) is 20.2. The van der Waals surface area contributed by atoms with Crippen LogP contribution >= 0.6 is 0 Å². The molecular formula is C24H35F3O2. The van der Waals surface area contributed by atoms with Crippen molar-refractivity contribution >= 4 is 5.97 Å². The van der Waals surface area contributed by atoms with Crippen LogP contribution in [-0.4, -0.2) is 17.7 Å². The van der Waals surface area contributed by atoms with E-state index in [1.165, 1.54) is 32.1 Å². The van der Waals surface area contributed by atoms with Crippen molar-refractivity contribution in [3.63, 3.8) is 0 Å². The lowest BCUT2D eigenvalue weighted by molar-refractivity contribution is -0.264. The number of carbonyl (C=O) groups is 1. The van der Waals surface area contributed by atoms with Crippen molar-refractivity contribution in [1.82, 2.24) is 0 Å². The average Bonchev–Trinajstić information content (AvgIpc) is 3.11. The summed E-state index contributed by atoms with van der Waals surface area (Å²) in [7, 11) is 0. The molecule has 2 nitrogen and oxygen atoms in total. The summed E-state index contributed by atoms with van der Waals surface area (Å²) in [6.45, 7) is 7.72. The summed E-state index contributed by atoms with van der Waals surface area (Å²) in [5.74, 6) is 1.33. The lowest BCUT2D eigenvalue weighted by Crippen LogP contribution is -2.58. The summed E-state index contributed by atoms with van der Waals surface area (Å²) in [5.41, 5.74) is -3.12. The highest BCUT2D eigenvalue weighted by molar-refractivity contribution is 5.79. The minimum absolute atomic E-state index is 0.0199. The van der Waals surface area contributed by atoms with Gasteiger partial charge in [0.25, 0.3) is 0 Å². The van der Waals surface area contributed by atoms with Crippen LogP contribution in [0.4, 0.5) is 13.2 Å². The normalized spacial score (nSPS) is 50.9. The van der Waals surface area contributed by atoms with Crippen LogP contribution < -0.4 is 0 Å². The summed E-state index contributed by atoms with van der Waals surface area (Å²) in [5, 5.41) is 0. The highest BCUT2D eigenvalue weighted by Gasteiger charge is 2.74. The number of rotatable bonds is 3. The van der Waals surface area contributed by atoms with E-state index in [-0.39, 0.29) is 30.1 Å². The van der Waals surface area contributed by atoms with Crippen LogP contribution in [0.25, 0.3) is 0 Å². The Morgan fingerprint density at radius 2 is 1.41 bits per heavy atom. The standard InChI is InChI=1S/C24H35F3O2/c1-12-13(2)19-10-18(12)11-23(19,24(25,26)27)21(28)29-22(3,4)20-16-6-14-5-15(8-16)9-17(20)7-14/h12-20H,5-11H2,1-4H3. The van der Waals surface area contributed by atoms with Crippen molar-refractivity contribution < 1.29 is 22.7 Å². The number of hydrogen-bond acceptors (Lipinski definition) is 2. The van der Waals surface area contributed by atoms with Gasteiger partial charge in [0.2, 0.25) is 0 Å². The van der Waals surface area contributed by atoms with Crippen molar-refractivity contribution in [2.24, 2.45) is 58.7 Å². The second-order valence-electron chi connectivity index (χ2n) is 11.9. The van der Waals surface area contributed by atoms with Crippen LogP contribution in [0.3, 0.4) is 0 Å². The van der Waals surface area contributed by atoms with Gasteiger partial charge in [0, 0.05) is 5.92 Å². The number of hydrogen-bond donors (Lipinski definition) is 0. The first-order chi connectivity index (χ1) is 13.4. The Hall–Kier alpha value is -0.740. The maximum absolute atomic E-state index is 14.4. The Kier molecular flexibility index (Phi) is 4.28. The molecule has 0 aromatic rings. The largest absolute Gasteiger partial charge is 0.459 e. The molecule has 0 amide bonds. The van der Waals surface area contributed by atoms with E-state index in [0.717, 1.165) is 11.8 Å². The number of ether oxygens (including phenoxy) is 1. The van der Waals surface area contributed by atoms with E-state index in [4.69, 9.17) is 4.74 Å². The number of alkyl halides is 3. The van der Waals surface area contributed by atoms with Crippen LogP contribution in [-0.2, 0) is 9.53 Å². The number of esters is 1. The van der Waals surface area contributed by atoms with E-state index in [1.54, 1.807) is 0 Å². The van der Waals surface area contributed by atoms with Crippen molar-refractivity contribution in [3.05, 3.63) is 0 Å². The predicted molar refractivity (Wildman–Crippen MR) is 104 cm³/mol. The molecule has 5 atom stereocenters. The van der Waals surface area contributed by atoms with Crippen molar-refractivity contribution in [3.8, 4) is 0 Å². The van der Waals surface area contributed by atoms with E-state index in [0.29, 0.717) is 18.3 Å². The van der Waals surface area contributed by atoms with Crippen molar-refractivity contribution in [2.75, 3.05) is 0 Å². The fourth-order valence-corrected chi connectivity index (χ4v) is 9.17. The third-order valence-electron chi connectivity index (χ3n) is 10.2. The van der Waals surface area contributed by atoms with Crippen LogP contribution in [0.15, 0.2) is 0 Å². The summed E-state index contributed by atoms with van der Waals surface area (Å²) in [4.78, 5) is 13.4. The maximum atomic E-state index is 14.4. The Labute approximate surface area is 172 Å². The van der Waals surface area contributed by atoms with Crippen molar-refractivity contribution in [2.45, 2.75) is 84.4 Å². The lowest BCUT2D eigenvalue weighted by Gasteiger charge is -2.58. The van der Waals surface area contributed by atoms with E-state index in [9.17, 15) is 18.0 Å². The number of fused-ring (bicyclic) bond motifs is 2. The van der Waals surface area contributed by atoms with Gasteiger partial charge in [0.15, 0.2) is 5.41 Å². The van der Waals surface area contributed by atoms with Gasteiger partial charge >= 0.3 is 12.1 Å². The quantitative estimate of drug-likeness (QED) is 0.513. The third-order valence-corrected chi connectivity index (χ3v) is 10.2. The van der Waals surface area contributed by atoms with Gasteiger partial charge in [-0.25, -0.2) is 0 Å². The molecule has 6 rings (SSSR count). The average molecular weight is 413 g/mol. The third kappa shape index (κ3) is 2.70. The maximum Gasteiger partial charge on any atom is 0.405 e. The molecule has 6 saturated carbocycles. The molecule has 5 unspecified atom stereocenters. The van der Waals surface area contributed by atoms with Gasteiger partial charge < -0.3 is 4.74 Å². The summed E-state index contributed by atoms with van der Waals surface area (Å²) < 4.78 is 49.2. The fraction of sp³-hybridized carbons (Fsp3) is 0.958. The molecule has 0 heterocycles. The van der Waals surface area contributed by atoms with E-state index >= 15 is 0 Å². The van der Waals surface area contributed by atoms with Gasteiger partial charge in [-0.1, -0.05) is 13.8 Å². The molecule has 6 bridgehead atoms. The first-order valence-electron chi connectivity index (χ1n) is 11.7. The Bertz CT molecular complexity index is 669. The number of halogens is 3. The first-order valence-corrected chi connectivity index (χ1v) is 11.7. The molecule has 5 heteroatoms. The van der Waals surface area contributed by atoms with Gasteiger partial charge in [0.05, 0.1) is 0 Å². The van der Waals surface area contributed by atoms with Gasteiger partial charge in [-0.2, -0.15) is 13.2 Å². The SMILES string of the molecule is CC1C2CC(C1C)C(C(=O)OC(C)(C)C1C3CC4CC(C3)CC1C4)(C(F)(F)F)C2.